The van der Waals surface area contributed by atoms with E-state index in [-0.39, 0.29) is 11.4 Å². The first-order valence-corrected chi connectivity index (χ1v) is 5.72. The van der Waals surface area contributed by atoms with E-state index in [1.807, 2.05) is 0 Å². The van der Waals surface area contributed by atoms with Gasteiger partial charge in [-0.05, 0) is 30.3 Å². The Bertz CT molecular complexity index is 760. The number of hydrogen-bond donors (Lipinski definition) is 1. The van der Waals surface area contributed by atoms with E-state index in [4.69, 9.17) is 11.6 Å². The molecule has 0 aliphatic carbocycles. The van der Waals surface area contributed by atoms with Gasteiger partial charge >= 0.3 is 0 Å². The number of aromatic nitrogens is 2. The minimum atomic E-state index is -1.50. The normalized spacial score (nSPS) is 11.2. The average Bonchev–Trinajstić information content (AvgIpc) is 2.78. The molecule has 1 heterocycles. The van der Waals surface area contributed by atoms with E-state index in [0.29, 0.717) is 16.1 Å². The van der Waals surface area contributed by atoms with Crippen molar-refractivity contribution in [2.75, 3.05) is 0 Å². The molecule has 3 rings (SSSR count). The molecule has 0 bridgehead atoms. The van der Waals surface area contributed by atoms with E-state index < -0.39 is 17.5 Å². The van der Waals surface area contributed by atoms with Crippen molar-refractivity contribution in [1.82, 2.24) is 9.97 Å². The maximum atomic E-state index is 13.2. The van der Waals surface area contributed by atoms with Gasteiger partial charge in [0.25, 0.3) is 0 Å². The van der Waals surface area contributed by atoms with Gasteiger partial charge < -0.3 is 4.98 Å². The third-order valence-electron chi connectivity index (χ3n) is 2.70. The van der Waals surface area contributed by atoms with Gasteiger partial charge in [-0.1, -0.05) is 11.6 Å². The summed E-state index contributed by atoms with van der Waals surface area (Å²) >= 11 is 5.83. The first-order chi connectivity index (χ1) is 9.04. The van der Waals surface area contributed by atoms with Gasteiger partial charge in [-0.3, -0.25) is 0 Å². The molecule has 0 aliphatic heterocycles. The highest BCUT2D eigenvalue weighted by Gasteiger charge is 2.13. The van der Waals surface area contributed by atoms with Crippen molar-refractivity contribution in [3.05, 3.63) is 52.8 Å². The Morgan fingerprint density at radius 1 is 1.00 bits per heavy atom. The lowest BCUT2D eigenvalue weighted by Gasteiger charge is -1.99. The maximum absolute atomic E-state index is 13.2. The van der Waals surface area contributed by atoms with E-state index in [1.54, 1.807) is 18.2 Å². The Morgan fingerprint density at radius 3 is 2.37 bits per heavy atom. The number of benzene rings is 2. The minimum Gasteiger partial charge on any atom is -0.338 e. The summed E-state index contributed by atoms with van der Waals surface area (Å²) in [5, 5.41) is 0.513. The molecule has 0 aliphatic rings. The van der Waals surface area contributed by atoms with Crippen LogP contribution < -0.4 is 0 Å². The Hall–Kier alpha value is -2.01. The van der Waals surface area contributed by atoms with Crippen LogP contribution in [0.25, 0.3) is 22.4 Å². The summed E-state index contributed by atoms with van der Waals surface area (Å²) < 4.78 is 39.2. The van der Waals surface area contributed by atoms with Crippen LogP contribution in [0.2, 0.25) is 5.02 Å². The van der Waals surface area contributed by atoms with Crippen LogP contribution in [0.4, 0.5) is 13.2 Å². The largest absolute Gasteiger partial charge is 0.338 e. The van der Waals surface area contributed by atoms with Gasteiger partial charge in [0.1, 0.15) is 5.82 Å². The molecule has 0 amide bonds. The van der Waals surface area contributed by atoms with Crippen molar-refractivity contribution in [2.24, 2.45) is 0 Å². The van der Waals surface area contributed by atoms with Gasteiger partial charge in [0.2, 0.25) is 0 Å². The summed E-state index contributed by atoms with van der Waals surface area (Å²) in [7, 11) is 0. The van der Waals surface area contributed by atoms with Crippen molar-refractivity contribution >= 4 is 22.6 Å². The van der Waals surface area contributed by atoms with Crippen molar-refractivity contribution in [1.29, 1.82) is 0 Å². The molecule has 2 nitrogen and oxygen atoms in total. The second-order valence-electron chi connectivity index (χ2n) is 4.00. The molecule has 1 aromatic heterocycles. The lowest BCUT2D eigenvalue weighted by molar-refractivity contribution is 0.447. The highest BCUT2D eigenvalue weighted by atomic mass is 35.5. The van der Waals surface area contributed by atoms with Crippen LogP contribution in [0.15, 0.2) is 30.3 Å². The molecule has 0 atom stereocenters. The third kappa shape index (κ3) is 2.06. The predicted molar refractivity (Wildman–Crippen MR) is 66.4 cm³/mol. The molecule has 1 N–H and O–H groups in total. The highest BCUT2D eigenvalue weighted by molar-refractivity contribution is 6.31. The first-order valence-electron chi connectivity index (χ1n) is 5.35. The topological polar surface area (TPSA) is 28.7 Å². The summed E-state index contributed by atoms with van der Waals surface area (Å²) in [6.45, 7) is 0. The summed E-state index contributed by atoms with van der Waals surface area (Å²) in [5.74, 6) is -3.76. The van der Waals surface area contributed by atoms with E-state index in [0.717, 1.165) is 12.1 Å². The van der Waals surface area contributed by atoms with Crippen molar-refractivity contribution in [3.63, 3.8) is 0 Å². The zero-order chi connectivity index (χ0) is 13.6. The number of hydrogen-bond acceptors (Lipinski definition) is 1. The van der Waals surface area contributed by atoms with Crippen molar-refractivity contribution < 1.29 is 13.2 Å². The van der Waals surface area contributed by atoms with Gasteiger partial charge in [-0.15, -0.1) is 0 Å². The third-order valence-corrected chi connectivity index (χ3v) is 2.94. The Morgan fingerprint density at radius 2 is 1.68 bits per heavy atom. The lowest BCUT2D eigenvalue weighted by atomic mass is 10.2. The van der Waals surface area contributed by atoms with Crippen LogP contribution in [0.3, 0.4) is 0 Å². The minimum absolute atomic E-state index is 0.128. The van der Waals surface area contributed by atoms with Gasteiger partial charge in [0, 0.05) is 10.6 Å². The van der Waals surface area contributed by atoms with Crippen molar-refractivity contribution in [3.8, 4) is 11.4 Å². The Labute approximate surface area is 110 Å². The summed E-state index contributed by atoms with van der Waals surface area (Å²) in [6.07, 6.45) is 0. The second kappa shape index (κ2) is 4.28. The fourth-order valence-electron chi connectivity index (χ4n) is 1.81. The number of nitrogens with zero attached hydrogens (tertiary/aromatic N) is 1. The predicted octanol–water partition coefficient (Wildman–Crippen LogP) is 4.30. The molecule has 2 aromatic carbocycles. The molecule has 96 valence electrons. The molecule has 19 heavy (non-hydrogen) atoms. The molecule has 0 fully saturated rings. The smallest absolute Gasteiger partial charge is 0.194 e. The van der Waals surface area contributed by atoms with Crippen LogP contribution in [0.1, 0.15) is 0 Å². The van der Waals surface area contributed by atoms with Gasteiger partial charge in [-0.2, -0.15) is 0 Å². The number of fused-ring (bicyclic) bond motifs is 1. The lowest BCUT2D eigenvalue weighted by Crippen LogP contribution is -1.92. The maximum Gasteiger partial charge on any atom is 0.194 e. The molecule has 0 unspecified atom stereocenters. The SMILES string of the molecule is Fc1cc(-c2nc3ccc(Cl)cc3[nH]2)cc(F)c1F. The van der Waals surface area contributed by atoms with Crippen LogP contribution in [0.5, 0.6) is 0 Å². The number of aromatic amines is 1. The quantitative estimate of drug-likeness (QED) is 0.662. The molecule has 0 spiro atoms. The van der Waals surface area contributed by atoms with Gasteiger partial charge in [-0.25, -0.2) is 18.2 Å². The molecule has 0 saturated heterocycles. The van der Waals surface area contributed by atoms with E-state index in [2.05, 4.69) is 9.97 Å². The van der Waals surface area contributed by atoms with Crippen LogP contribution in [0, 0.1) is 17.5 Å². The number of rotatable bonds is 1. The van der Waals surface area contributed by atoms with Crippen LogP contribution in [-0.4, -0.2) is 9.97 Å². The van der Waals surface area contributed by atoms with E-state index in [1.165, 1.54) is 0 Å². The second-order valence-corrected chi connectivity index (χ2v) is 4.44. The zero-order valence-corrected chi connectivity index (χ0v) is 10.1. The van der Waals surface area contributed by atoms with Crippen LogP contribution >= 0.6 is 11.6 Å². The molecule has 6 heteroatoms. The summed E-state index contributed by atoms with van der Waals surface area (Å²) in [5.41, 5.74) is 1.36. The zero-order valence-electron chi connectivity index (χ0n) is 9.35. The Kier molecular flexibility index (Phi) is 2.71. The summed E-state index contributed by atoms with van der Waals surface area (Å²) in [6, 6.07) is 6.74. The first kappa shape index (κ1) is 12.0. The molecule has 3 aromatic rings. The molecule has 0 saturated carbocycles. The standard InChI is InChI=1S/C13H6ClF3N2/c14-7-1-2-10-11(5-7)19-13(18-10)6-3-8(15)12(17)9(16)4-6/h1-5H,(H,18,19). The van der Waals surface area contributed by atoms with Crippen molar-refractivity contribution in [2.45, 2.75) is 0 Å². The average molecular weight is 283 g/mol. The molecule has 0 radical (unpaired) electrons. The summed E-state index contributed by atoms with van der Waals surface area (Å²) in [4.78, 5) is 7.04. The van der Waals surface area contributed by atoms with Gasteiger partial charge in [0.05, 0.1) is 11.0 Å². The number of imidazole rings is 1. The number of halogens is 4. The fourth-order valence-corrected chi connectivity index (χ4v) is 1.98. The van der Waals surface area contributed by atoms with E-state index >= 15 is 0 Å². The number of H-pyrrole nitrogens is 1. The monoisotopic (exact) mass is 282 g/mol. The fraction of sp³-hybridized carbons (Fsp3) is 0. The Balaban J connectivity index is 2.19. The van der Waals surface area contributed by atoms with Gasteiger partial charge in [0.15, 0.2) is 17.5 Å². The molecular weight excluding hydrogens is 277 g/mol. The van der Waals surface area contributed by atoms with Crippen LogP contribution in [-0.2, 0) is 0 Å². The highest BCUT2D eigenvalue weighted by Crippen LogP contribution is 2.25. The van der Waals surface area contributed by atoms with E-state index in [9.17, 15) is 13.2 Å². The molecular formula is C13H6ClF3N2. The number of nitrogens with one attached hydrogen (secondary N) is 1.